The van der Waals surface area contributed by atoms with Gasteiger partial charge in [0.25, 0.3) is 5.91 Å². The number of hydrogen-bond donors (Lipinski definition) is 1. The Morgan fingerprint density at radius 3 is 2.53 bits per heavy atom. The average Bonchev–Trinajstić information content (AvgIpc) is 3.44. The molecule has 0 spiro atoms. The first-order valence-corrected chi connectivity index (χ1v) is 10.7. The van der Waals surface area contributed by atoms with Gasteiger partial charge < -0.3 is 9.84 Å². The van der Waals surface area contributed by atoms with Crippen molar-refractivity contribution >= 4 is 17.5 Å². The first-order valence-electron chi connectivity index (χ1n) is 10.3. The van der Waals surface area contributed by atoms with Crippen LogP contribution in [0.3, 0.4) is 0 Å². The molecule has 4 rings (SSSR count). The second-order valence-electron chi connectivity index (χ2n) is 7.90. The van der Waals surface area contributed by atoms with Crippen LogP contribution in [0.2, 0.25) is 5.02 Å². The lowest BCUT2D eigenvalue weighted by atomic mass is 10.0. The van der Waals surface area contributed by atoms with Gasteiger partial charge in [-0.2, -0.15) is 0 Å². The van der Waals surface area contributed by atoms with Gasteiger partial charge in [-0.3, -0.25) is 9.69 Å². The molecule has 1 amide bonds. The van der Waals surface area contributed by atoms with Crippen molar-refractivity contribution in [3.05, 3.63) is 75.9 Å². The van der Waals surface area contributed by atoms with Crippen molar-refractivity contribution in [2.45, 2.75) is 32.7 Å². The molecule has 0 bridgehead atoms. The summed E-state index contributed by atoms with van der Waals surface area (Å²) < 4.78 is 5.44. The van der Waals surface area contributed by atoms with E-state index >= 15 is 0 Å². The summed E-state index contributed by atoms with van der Waals surface area (Å²) in [4.78, 5) is 15.2. The monoisotopic (exact) mass is 423 g/mol. The van der Waals surface area contributed by atoms with Gasteiger partial charge in [0.15, 0.2) is 11.5 Å². The van der Waals surface area contributed by atoms with Crippen molar-refractivity contribution in [3.8, 4) is 11.3 Å². The zero-order valence-electron chi connectivity index (χ0n) is 17.3. The Labute approximate surface area is 182 Å². The van der Waals surface area contributed by atoms with E-state index in [1.807, 2.05) is 42.5 Å². The molecule has 0 radical (unpaired) electrons. The zero-order valence-corrected chi connectivity index (χ0v) is 18.1. The fourth-order valence-corrected chi connectivity index (χ4v) is 4.01. The Morgan fingerprint density at radius 1 is 1.10 bits per heavy atom. The van der Waals surface area contributed by atoms with E-state index in [9.17, 15) is 4.79 Å². The van der Waals surface area contributed by atoms with E-state index in [1.165, 1.54) is 24.0 Å². The Hall–Kier alpha value is -2.63. The van der Waals surface area contributed by atoms with Crippen LogP contribution < -0.4 is 5.32 Å². The quantitative estimate of drug-likeness (QED) is 0.593. The van der Waals surface area contributed by atoms with Crippen LogP contribution in [-0.2, 0) is 0 Å². The van der Waals surface area contributed by atoms with Crippen LogP contribution in [0.1, 0.15) is 46.1 Å². The normalized spacial score (nSPS) is 15.3. The number of nitrogens with zero attached hydrogens (tertiary/aromatic N) is 2. The van der Waals surface area contributed by atoms with Crippen molar-refractivity contribution in [2.75, 3.05) is 19.6 Å². The molecular formula is C24H26ClN3O2. The van der Waals surface area contributed by atoms with Gasteiger partial charge in [-0.05, 0) is 74.7 Å². The number of benzene rings is 2. The van der Waals surface area contributed by atoms with Gasteiger partial charge in [0, 0.05) is 23.2 Å². The third-order valence-electron chi connectivity index (χ3n) is 5.83. The largest absolute Gasteiger partial charge is 0.355 e. The maximum Gasteiger partial charge on any atom is 0.273 e. The summed E-state index contributed by atoms with van der Waals surface area (Å²) in [5, 5.41) is 7.74. The molecular weight excluding hydrogens is 398 g/mol. The molecule has 1 fully saturated rings. The molecule has 1 aliphatic rings. The predicted octanol–water partition coefficient (Wildman–Crippen LogP) is 5.18. The molecule has 0 aliphatic carbocycles. The summed E-state index contributed by atoms with van der Waals surface area (Å²) in [6.07, 6.45) is 2.36. The molecule has 1 atom stereocenters. The fraction of sp³-hybridized carbons (Fsp3) is 0.333. The van der Waals surface area contributed by atoms with Crippen LogP contribution in [0.15, 0.2) is 53.1 Å². The van der Waals surface area contributed by atoms with Crippen LogP contribution in [-0.4, -0.2) is 35.6 Å². The fourth-order valence-electron chi connectivity index (χ4n) is 3.89. The van der Waals surface area contributed by atoms with E-state index in [0.29, 0.717) is 23.0 Å². The first-order chi connectivity index (χ1) is 14.5. The molecule has 1 N–H and O–H groups in total. The molecule has 30 heavy (non-hydrogen) atoms. The van der Waals surface area contributed by atoms with Gasteiger partial charge in [0.2, 0.25) is 0 Å². The topological polar surface area (TPSA) is 58.4 Å². The molecule has 6 heteroatoms. The van der Waals surface area contributed by atoms with Crippen molar-refractivity contribution in [3.63, 3.8) is 0 Å². The number of aryl methyl sites for hydroxylation is 2. The third-order valence-corrected chi connectivity index (χ3v) is 6.08. The van der Waals surface area contributed by atoms with Gasteiger partial charge in [0.05, 0.1) is 6.04 Å². The smallest absolute Gasteiger partial charge is 0.273 e. The molecule has 1 saturated heterocycles. The molecule has 156 valence electrons. The molecule has 2 aromatic carbocycles. The van der Waals surface area contributed by atoms with Gasteiger partial charge >= 0.3 is 0 Å². The predicted molar refractivity (Wildman–Crippen MR) is 119 cm³/mol. The zero-order chi connectivity index (χ0) is 21.1. The maximum atomic E-state index is 12.7. The summed E-state index contributed by atoms with van der Waals surface area (Å²) >= 11 is 6.05. The second-order valence-corrected chi connectivity index (χ2v) is 8.33. The highest BCUT2D eigenvalue weighted by Crippen LogP contribution is 2.26. The number of halogens is 1. The van der Waals surface area contributed by atoms with E-state index in [2.05, 4.69) is 29.2 Å². The van der Waals surface area contributed by atoms with Crippen LogP contribution in [0.4, 0.5) is 0 Å². The van der Waals surface area contributed by atoms with Gasteiger partial charge in [-0.15, -0.1) is 0 Å². The number of likely N-dealkylation sites (tertiary alicyclic amines) is 1. The minimum Gasteiger partial charge on any atom is -0.355 e. The summed E-state index contributed by atoms with van der Waals surface area (Å²) in [6, 6.07) is 15.7. The van der Waals surface area contributed by atoms with E-state index in [4.69, 9.17) is 16.1 Å². The standard InChI is InChI=1S/C24H26ClN3O2/c1-16-5-6-19(13-17(16)2)23-14-21(27-30-23)24(29)26-15-22(28-11-3-4-12-28)18-7-9-20(25)10-8-18/h5-10,13-14,22H,3-4,11-12,15H2,1-2H3,(H,26,29)/t22-/m1/s1. The number of amides is 1. The van der Waals surface area contributed by atoms with Crippen LogP contribution in [0, 0.1) is 13.8 Å². The van der Waals surface area contributed by atoms with E-state index < -0.39 is 0 Å². The Kier molecular flexibility index (Phi) is 6.21. The third kappa shape index (κ3) is 4.58. The Morgan fingerprint density at radius 2 is 1.83 bits per heavy atom. The van der Waals surface area contributed by atoms with Gasteiger partial charge in [-0.1, -0.05) is 41.0 Å². The van der Waals surface area contributed by atoms with Crippen molar-refractivity contribution in [1.29, 1.82) is 0 Å². The summed E-state index contributed by atoms with van der Waals surface area (Å²) in [5.41, 5.74) is 4.75. The Bertz CT molecular complexity index is 1020. The summed E-state index contributed by atoms with van der Waals surface area (Å²) in [5.74, 6) is 0.365. The lowest BCUT2D eigenvalue weighted by Gasteiger charge is -2.28. The van der Waals surface area contributed by atoms with Crippen LogP contribution in [0.5, 0.6) is 0 Å². The first kappa shape index (κ1) is 20.6. The van der Waals surface area contributed by atoms with E-state index in [-0.39, 0.29) is 11.9 Å². The number of hydrogen-bond acceptors (Lipinski definition) is 4. The van der Waals surface area contributed by atoms with Gasteiger partial charge in [0.1, 0.15) is 0 Å². The summed E-state index contributed by atoms with van der Waals surface area (Å²) in [6.45, 7) is 6.69. The van der Waals surface area contributed by atoms with E-state index in [1.54, 1.807) is 6.07 Å². The number of carbonyl (C=O) groups excluding carboxylic acids is 1. The molecule has 1 aromatic heterocycles. The minimum atomic E-state index is -0.230. The summed E-state index contributed by atoms with van der Waals surface area (Å²) in [7, 11) is 0. The molecule has 1 aliphatic heterocycles. The highest BCUT2D eigenvalue weighted by Gasteiger charge is 2.25. The van der Waals surface area contributed by atoms with Gasteiger partial charge in [-0.25, -0.2) is 0 Å². The van der Waals surface area contributed by atoms with Crippen molar-refractivity contribution in [2.24, 2.45) is 0 Å². The Balaban J connectivity index is 1.46. The molecule has 2 heterocycles. The second kappa shape index (κ2) is 9.02. The lowest BCUT2D eigenvalue weighted by Crippen LogP contribution is -2.36. The van der Waals surface area contributed by atoms with Crippen molar-refractivity contribution in [1.82, 2.24) is 15.4 Å². The highest BCUT2D eigenvalue weighted by molar-refractivity contribution is 6.30. The van der Waals surface area contributed by atoms with Crippen LogP contribution in [0.25, 0.3) is 11.3 Å². The average molecular weight is 424 g/mol. The van der Waals surface area contributed by atoms with Crippen LogP contribution >= 0.6 is 11.6 Å². The highest BCUT2D eigenvalue weighted by atomic mass is 35.5. The van der Waals surface area contributed by atoms with Crippen molar-refractivity contribution < 1.29 is 9.32 Å². The number of carbonyl (C=O) groups is 1. The minimum absolute atomic E-state index is 0.111. The molecule has 0 unspecified atom stereocenters. The number of aromatic nitrogens is 1. The SMILES string of the molecule is Cc1ccc(-c2cc(C(=O)NC[C@H](c3ccc(Cl)cc3)N3CCCC3)no2)cc1C. The number of rotatable bonds is 6. The van der Waals surface area contributed by atoms with E-state index in [0.717, 1.165) is 24.2 Å². The lowest BCUT2D eigenvalue weighted by molar-refractivity contribution is 0.0929. The molecule has 5 nitrogen and oxygen atoms in total. The maximum absolute atomic E-state index is 12.7. The number of nitrogens with one attached hydrogen (secondary N) is 1. The molecule has 3 aromatic rings. The molecule has 0 saturated carbocycles.